The maximum atomic E-state index is 14.3. The molecule has 1 aromatic carbocycles. The van der Waals surface area contributed by atoms with Crippen LogP contribution >= 0.6 is 0 Å². The largest absolute Gasteiger partial charge is 0.516 e. The molecule has 0 radical (unpaired) electrons. The lowest BCUT2D eigenvalue weighted by Gasteiger charge is -2.32. The molecule has 2 aromatic rings. The first-order valence-corrected chi connectivity index (χ1v) is 6.73. The Morgan fingerprint density at radius 1 is 1.27 bits per heavy atom. The number of aryl methyl sites for hydroxylation is 1. The molecule has 1 aliphatic heterocycles. The summed E-state index contributed by atoms with van der Waals surface area (Å²) in [7, 11) is -1.20. The zero-order valence-corrected chi connectivity index (χ0v) is 12.7. The Morgan fingerprint density at radius 3 is 2.59 bits per heavy atom. The van der Waals surface area contributed by atoms with Crippen molar-refractivity contribution in [3.8, 4) is 5.69 Å². The number of imidazole rings is 1. The minimum Gasteiger partial charge on any atom is -0.398 e. The fourth-order valence-corrected chi connectivity index (χ4v) is 2.00. The van der Waals surface area contributed by atoms with Gasteiger partial charge in [0.2, 0.25) is 0 Å². The third kappa shape index (κ3) is 2.46. The lowest BCUT2D eigenvalue weighted by molar-refractivity contribution is 0.00578. The Balaban J connectivity index is 2.31. The molecule has 0 unspecified atom stereocenters. The molecule has 0 aliphatic carbocycles. The van der Waals surface area contributed by atoms with Gasteiger partial charge in [0, 0.05) is 16.0 Å². The lowest BCUT2D eigenvalue weighted by Crippen LogP contribution is -2.41. The van der Waals surface area contributed by atoms with E-state index in [0.29, 0.717) is 4.57 Å². The Hall–Kier alpha value is -1.66. The van der Waals surface area contributed by atoms with Gasteiger partial charge in [-0.3, -0.25) is 0 Å². The number of halogens is 1. The van der Waals surface area contributed by atoms with Crippen molar-refractivity contribution in [2.75, 3.05) is 0 Å². The van der Waals surface area contributed by atoms with Gasteiger partial charge < -0.3 is 13.9 Å². The molecule has 2 heterocycles. The molecule has 1 fully saturated rings. The highest BCUT2D eigenvalue weighted by atomic mass is 19.1. The van der Waals surface area contributed by atoms with Gasteiger partial charge in [-0.25, -0.2) is 9.37 Å². The second-order valence-electron chi connectivity index (χ2n) is 6.02. The molecule has 0 bridgehead atoms. The summed E-state index contributed by atoms with van der Waals surface area (Å²) in [5.41, 5.74) is -2.47. The maximum absolute atomic E-state index is 14.3. The Bertz CT molecular complexity index is 992. The monoisotopic (exact) mass is 310 g/mol. The topological polar surface area (TPSA) is 36.3 Å². The summed E-state index contributed by atoms with van der Waals surface area (Å²) >= 11 is 0. The number of aromatic nitrogens is 2. The minimum absolute atomic E-state index is 0.208. The first kappa shape index (κ1) is 8.27. The second kappa shape index (κ2) is 4.93. The standard InChI is InChI=1S/C16H20BFN2O2/c1-11-19-14(17-21-15(2,3)16(4,5)22-17)10-20(11)13-8-6-7-12(18)9-13/h6-10H,1-5H3/i1D3,6D,7D,8D,9D,10D. The van der Waals surface area contributed by atoms with Crippen molar-refractivity contribution in [3.63, 3.8) is 0 Å². The molecule has 0 spiro atoms. The van der Waals surface area contributed by atoms with E-state index in [0.717, 1.165) is 0 Å². The predicted octanol–water partition coefficient (Wildman–Crippen LogP) is 2.62. The van der Waals surface area contributed by atoms with Crippen molar-refractivity contribution in [2.24, 2.45) is 0 Å². The lowest BCUT2D eigenvalue weighted by atomic mass is 9.86. The summed E-state index contributed by atoms with van der Waals surface area (Å²) in [5, 5.41) is 0. The zero-order chi connectivity index (χ0) is 23.0. The minimum atomic E-state index is -2.89. The van der Waals surface area contributed by atoms with Crippen molar-refractivity contribution >= 4 is 12.7 Å². The van der Waals surface area contributed by atoms with Crippen LogP contribution in [0, 0.1) is 12.7 Å². The van der Waals surface area contributed by atoms with Crippen LogP contribution in [0.2, 0.25) is 0 Å². The average molecular weight is 310 g/mol. The van der Waals surface area contributed by atoms with E-state index >= 15 is 0 Å². The SMILES string of the molecule is [2H]c1c([2H])c(F)c([2H])c(-n2c(C([2H])([2H])[2H])nc(B3OC(C)(C)C(C)(C)O3)c2[2H])c1[2H]. The molecule has 0 saturated carbocycles. The van der Waals surface area contributed by atoms with E-state index in [1.54, 1.807) is 27.7 Å². The van der Waals surface area contributed by atoms with Crippen LogP contribution in [0.4, 0.5) is 4.39 Å². The molecule has 1 aliphatic rings. The highest BCUT2D eigenvalue weighted by molar-refractivity contribution is 6.61. The van der Waals surface area contributed by atoms with E-state index in [1.165, 1.54) is 0 Å². The maximum Gasteiger partial charge on any atom is 0.516 e. The van der Waals surface area contributed by atoms with Gasteiger partial charge in [-0.15, -0.1) is 0 Å². The predicted molar refractivity (Wildman–Crippen MR) is 84.0 cm³/mol. The van der Waals surface area contributed by atoms with Gasteiger partial charge in [0.05, 0.1) is 23.6 Å². The van der Waals surface area contributed by atoms with E-state index in [1.807, 2.05) is 0 Å². The highest BCUT2D eigenvalue weighted by Crippen LogP contribution is 2.36. The van der Waals surface area contributed by atoms with E-state index in [-0.39, 0.29) is 5.59 Å². The molecule has 4 nitrogen and oxygen atoms in total. The Kier molecular flexibility index (Phi) is 1.85. The molecule has 116 valence electrons. The van der Waals surface area contributed by atoms with Crippen LogP contribution in [0.5, 0.6) is 0 Å². The molecular weight excluding hydrogens is 282 g/mol. The molecule has 1 saturated heterocycles. The van der Waals surface area contributed by atoms with E-state index in [2.05, 4.69) is 4.98 Å². The van der Waals surface area contributed by atoms with Crippen LogP contribution < -0.4 is 5.59 Å². The fraction of sp³-hybridized carbons (Fsp3) is 0.438. The molecule has 0 amide bonds. The number of nitrogens with zero attached hydrogens (tertiary/aromatic N) is 2. The fourth-order valence-electron chi connectivity index (χ4n) is 2.00. The summed E-state index contributed by atoms with van der Waals surface area (Å²) in [6.07, 6.45) is -0.571. The average Bonchev–Trinajstić information content (AvgIpc) is 3.05. The summed E-state index contributed by atoms with van der Waals surface area (Å²) in [5.74, 6) is -2.09. The van der Waals surface area contributed by atoms with Crippen LogP contribution in [-0.4, -0.2) is 27.9 Å². The van der Waals surface area contributed by atoms with Crippen LogP contribution in [0.15, 0.2) is 30.3 Å². The van der Waals surface area contributed by atoms with Crippen molar-refractivity contribution in [2.45, 2.75) is 45.7 Å². The summed E-state index contributed by atoms with van der Waals surface area (Å²) in [6.45, 7) is 4.15. The zero-order valence-electron chi connectivity index (χ0n) is 20.7. The van der Waals surface area contributed by atoms with E-state index < -0.39 is 72.8 Å². The molecular formula is C16H20BFN2O2. The van der Waals surface area contributed by atoms with Gasteiger partial charge in [-0.1, -0.05) is 6.04 Å². The van der Waals surface area contributed by atoms with Crippen molar-refractivity contribution in [1.82, 2.24) is 9.55 Å². The van der Waals surface area contributed by atoms with Gasteiger partial charge in [0.15, 0.2) is 0 Å². The van der Waals surface area contributed by atoms with Crippen molar-refractivity contribution in [3.05, 3.63) is 42.0 Å². The number of rotatable bonds is 2. The smallest absolute Gasteiger partial charge is 0.398 e. The molecule has 6 heteroatoms. The quantitative estimate of drug-likeness (QED) is 0.800. The molecule has 3 rings (SSSR count). The molecule has 0 atom stereocenters. The third-order valence-electron chi connectivity index (χ3n) is 3.95. The van der Waals surface area contributed by atoms with Crippen LogP contribution in [0.1, 0.15) is 44.5 Å². The highest BCUT2D eigenvalue weighted by Gasteiger charge is 2.52. The van der Waals surface area contributed by atoms with Crippen LogP contribution in [-0.2, 0) is 9.31 Å². The van der Waals surface area contributed by atoms with Crippen LogP contribution in [0.25, 0.3) is 5.69 Å². The summed E-state index contributed by atoms with van der Waals surface area (Å²) in [6, 6.07) is -3.52. The van der Waals surface area contributed by atoms with Crippen molar-refractivity contribution in [1.29, 1.82) is 0 Å². The second-order valence-corrected chi connectivity index (χ2v) is 6.02. The molecule has 1 aromatic heterocycles. The van der Waals surface area contributed by atoms with Gasteiger partial charge >= 0.3 is 7.12 Å². The Morgan fingerprint density at radius 2 is 1.95 bits per heavy atom. The summed E-state index contributed by atoms with van der Waals surface area (Å²) < 4.78 is 89.8. The van der Waals surface area contributed by atoms with Gasteiger partial charge in [-0.05, 0) is 52.7 Å². The van der Waals surface area contributed by atoms with E-state index in [9.17, 15) is 4.39 Å². The van der Waals surface area contributed by atoms with E-state index in [4.69, 9.17) is 20.3 Å². The number of benzene rings is 1. The van der Waals surface area contributed by atoms with Gasteiger partial charge in [0.1, 0.15) is 11.6 Å². The normalized spacial score (nSPS) is 25.4. The summed E-state index contributed by atoms with van der Waals surface area (Å²) in [4.78, 5) is 4.00. The molecule has 0 N–H and O–H groups in total. The molecule has 22 heavy (non-hydrogen) atoms. The van der Waals surface area contributed by atoms with Gasteiger partial charge in [0.25, 0.3) is 0 Å². The third-order valence-corrected chi connectivity index (χ3v) is 3.95. The van der Waals surface area contributed by atoms with Gasteiger partial charge in [-0.2, -0.15) is 0 Å². The first-order valence-electron chi connectivity index (χ1n) is 10.7. The number of hydrogen-bond donors (Lipinski definition) is 0. The van der Waals surface area contributed by atoms with Crippen molar-refractivity contribution < 1.29 is 24.7 Å². The van der Waals surface area contributed by atoms with Crippen LogP contribution in [0.3, 0.4) is 0 Å². The number of hydrogen-bond acceptors (Lipinski definition) is 3. The Labute approximate surface area is 141 Å². The first-order chi connectivity index (χ1) is 13.5.